The van der Waals surface area contributed by atoms with Crippen LogP contribution >= 0.6 is 0 Å². The first-order chi connectivity index (χ1) is 6.56. The third kappa shape index (κ3) is 2.16. The fourth-order valence-corrected chi connectivity index (χ4v) is 1.16. The van der Waals surface area contributed by atoms with Gasteiger partial charge >= 0.3 is 0 Å². The van der Waals surface area contributed by atoms with Crippen LogP contribution in [-0.4, -0.2) is 28.5 Å². The van der Waals surface area contributed by atoms with E-state index in [9.17, 15) is 10.2 Å². The van der Waals surface area contributed by atoms with Crippen LogP contribution in [0.5, 0.6) is 11.5 Å². The summed E-state index contributed by atoms with van der Waals surface area (Å²) in [6, 6.07) is 4.49. The van der Waals surface area contributed by atoms with Crippen LogP contribution in [0.2, 0.25) is 0 Å². The van der Waals surface area contributed by atoms with E-state index in [1.54, 1.807) is 6.07 Å². The molecule has 0 amide bonds. The van der Waals surface area contributed by atoms with Gasteiger partial charge in [0.05, 0.1) is 13.2 Å². The minimum Gasteiger partial charge on any atom is -0.508 e. The highest BCUT2D eigenvalue weighted by Crippen LogP contribution is 2.29. The highest BCUT2D eigenvalue weighted by atomic mass is 16.5. The Labute approximate surface area is 82.4 Å². The summed E-state index contributed by atoms with van der Waals surface area (Å²) in [6.07, 6.45) is -2.04. The Morgan fingerprint density at radius 1 is 1.29 bits per heavy atom. The predicted molar refractivity (Wildman–Crippen MR) is 51.3 cm³/mol. The van der Waals surface area contributed by atoms with Gasteiger partial charge in [-0.25, -0.2) is 0 Å². The molecule has 3 N–H and O–H groups in total. The average molecular weight is 198 g/mol. The average Bonchev–Trinajstić information content (AvgIpc) is 2.17. The van der Waals surface area contributed by atoms with E-state index in [1.165, 1.54) is 26.2 Å². The van der Waals surface area contributed by atoms with Gasteiger partial charge in [0, 0.05) is 5.56 Å². The molecule has 0 heterocycles. The Bertz CT molecular complexity index is 309. The van der Waals surface area contributed by atoms with Gasteiger partial charge in [0.25, 0.3) is 0 Å². The van der Waals surface area contributed by atoms with E-state index in [2.05, 4.69) is 0 Å². The maximum atomic E-state index is 9.53. The van der Waals surface area contributed by atoms with Crippen molar-refractivity contribution in [1.29, 1.82) is 0 Å². The third-order valence-electron chi connectivity index (χ3n) is 2.01. The summed E-state index contributed by atoms with van der Waals surface area (Å²) in [5.74, 6) is 0.469. The Hall–Kier alpha value is -1.26. The van der Waals surface area contributed by atoms with Crippen LogP contribution in [0.4, 0.5) is 0 Å². The minimum atomic E-state index is -1.11. The topological polar surface area (TPSA) is 69.9 Å². The van der Waals surface area contributed by atoms with E-state index in [1.807, 2.05) is 0 Å². The van der Waals surface area contributed by atoms with Gasteiger partial charge in [0.15, 0.2) is 0 Å². The number of aliphatic hydroxyl groups excluding tert-OH is 2. The monoisotopic (exact) mass is 198 g/mol. The lowest BCUT2D eigenvalue weighted by Crippen LogP contribution is -2.13. The molecule has 0 bridgehead atoms. The van der Waals surface area contributed by atoms with Crippen molar-refractivity contribution in [2.24, 2.45) is 0 Å². The van der Waals surface area contributed by atoms with Crippen molar-refractivity contribution in [3.8, 4) is 11.5 Å². The van der Waals surface area contributed by atoms with Crippen molar-refractivity contribution < 1.29 is 20.1 Å². The molecule has 4 heteroatoms. The van der Waals surface area contributed by atoms with Gasteiger partial charge in [-0.05, 0) is 25.1 Å². The standard InChI is InChI=1S/C10H14O4/c1-6(11)10(13)8-5-7(14-2)3-4-9(8)12/h3-6,10-13H,1-2H3/t6-,10+/m1/s1. The van der Waals surface area contributed by atoms with Gasteiger partial charge in [-0.2, -0.15) is 0 Å². The molecule has 14 heavy (non-hydrogen) atoms. The molecule has 78 valence electrons. The quantitative estimate of drug-likeness (QED) is 0.672. The first-order valence-electron chi connectivity index (χ1n) is 4.29. The smallest absolute Gasteiger partial charge is 0.121 e. The summed E-state index contributed by atoms with van der Waals surface area (Å²) >= 11 is 0. The summed E-state index contributed by atoms with van der Waals surface area (Å²) in [5.41, 5.74) is 0.263. The predicted octanol–water partition coefficient (Wildman–Crippen LogP) is 0.815. The number of aliphatic hydroxyl groups is 2. The summed E-state index contributed by atoms with van der Waals surface area (Å²) in [5, 5.41) is 28.1. The molecule has 1 aromatic rings. The molecule has 0 fully saturated rings. The lowest BCUT2D eigenvalue weighted by atomic mass is 10.0. The molecule has 1 aromatic carbocycles. The maximum Gasteiger partial charge on any atom is 0.121 e. The molecule has 0 radical (unpaired) electrons. The van der Waals surface area contributed by atoms with Crippen LogP contribution in [-0.2, 0) is 0 Å². The van der Waals surface area contributed by atoms with Crippen LogP contribution in [0.25, 0.3) is 0 Å². The second kappa shape index (κ2) is 4.30. The Morgan fingerprint density at radius 3 is 2.43 bits per heavy atom. The van der Waals surface area contributed by atoms with Crippen LogP contribution in [0.3, 0.4) is 0 Å². The van der Waals surface area contributed by atoms with Gasteiger partial charge in [-0.15, -0.1) is 0 Å². The molecule has 0 aliphatic carbocycles. The number of ether oxygens (including phenoxy) is 1. The normalized spacial score (nSPS) is 14.9. The highest BCUT2D eigenvalue weighted by molar-refractivity contribution is 5.40. The molecule has 0 aromatic heterocycles. The molecular formula is C10H14O4. The van der Waals surface area contributed by atoms with Crippen molar-refractivity contribution in [2.45, 2.75) is 19.1 Å². The van der Waals surface area contributed by atoms with Gasteiger partial charge in [-0.3, -0.25) is 0 Å². The zero-order valence-corrected chi connectivity index (χ0v) is 8.14. The number of methoxy groups -OCH3 is 1. The molecular weight excluding hydrogens is 184 g/mol. The molecule has 2 atom stereocenters. The lowest BCUT2D eigenvalue weighted by Gasteiger charge is -2.15. The number of aromatic hydroxyl groups is 1. The molecule has 0 spiro atoms. The van der Waals surface area contributed by atoms with Crippen LogP contribution in [0.15, 0.2) is 18.2 Å². The molecule has 1 rings (SSSR count). The maximum absolute atomic E-state index is 9.53. The second-order valence-electron chi connectivity index (χ2n) is 3.11. The molecule has 0 aliphatic heterocycles. The Kier molecular flexibility index (Phi) is 3.33. The highest BCUT2D eigenvalue weighted by Gasteiger charge is 2.17. The molecule has 4 nitrogen and oxygen atoms in total. The van der Waals surface area contributed by atoms with E-state index in [-0.39, 0.29) is 11.3 Å². The van der Waals surface area contributed by atoms with Crippen molar-refractivity contribution in [2.75, 3.05) is 7.11 Å². The van der Waals surface area contributed by atoms with Crippen molar-refractivity contribution in [1.82, 2.24) is 0 Å². The summed E-state index contributed by atoms with van der Waals surface area (Å²) < 4.78 is 4.94. The fourth-order valence-electron chi connectivity index (χ4n) is 1.16. The number of phenols is 1. The SMILES string of the molecule is COc1ccc(O)c([C@@H](O)[C@@H](C)O)c1. The van der Waals surface area contributed by atoms with Gasteiger partial charge < -0.3 is 20.1 Å². The van der Waals surface area contributed by atoms with Crippen LogP contribution in [0, 0.1) is 0 Å². The number of benzene rings is 1. The van der Waals surface area contributed by atoms with Crippen LogP contribution in [0.1, 0.15) is 18.6 Å². The van der Waals surface area contributed by atoms with Crippen LogP contribution < -0.4 is 4.74 Å². The summed E-state index contributed by atoms with van der Waals surface area (Å²) in [4.78, 5) is 0. The number of phenolic OH excluding ortho intramolecular Hbond substituents is 1. The molecule has 0 aliphatic rings. The summed E-state index contributed by atoms with van der Waals surface area (Å²) in [6.45, 7) is 1.45. The third-order valence-corrected chi connectivity index (χ3v) is 2.01. The number of hydrogen-bond acceptors (Lipinski definition) is 4. The molecule has 0 saturated heterocycles. The zero-order chi connectivity index (χ0) is 10.7. The van der Waals surface area contributed by atoms with Gasteiger partial charge in [0.1, 0.15) is 17.6 Å². The fraction of sp³-hybridized carbons (Fsp3) is 0.400. The van der Waals surface area contributed by atoms with Crippen molar-refractivity contribution in [3.05, 3.63) is 23.8 Å². The van der Waals surface area contributed by atoms with E-state index in [4.69, 9.17) is 9.84 Å². The Morgan fingerprint density at radius 2 is 1.93 bits per heavy atom. The number of hydrogen-bond donors (Lipinski definition) is 3. The second-order valence-corrected chi connectivity index (χ2v) is 3.11. The minimum absolute atomic E-state index is 0.0563. The molecule has 0 unspecified atom stereocenters. The van der Waals surface area contributed by atoms with Gasteiger partial charge in [0.2, 0.25) is 0 Å². The van der Waals surface area contributed by atoms with Gasteiger partial charge in [-0.1, -0.05) is 0 Å². The van der Waals surface area contributed by atoms with E-state index in [0.717, 1.165) is 0 Å². The largest absolute Gasteiger partial charge is 0.508 e. The first-order valence-corrected chi connectivity index (χ1v) is 4.29. The van der Waals surface area contributed by atoms with Crippen molar-refractivity contribution in [3.63, 3.8) is 0 Å². The number of rotatable bonds is 3. The van der Waals surface area contributed by atoms with E-state index < -0.39 is 12.2 Å². The molecule has 0 saturated carbocycles. The summed E-state index contributed by atoms with van der Waals surface area (Å²) in [7, 11) is 1.49. The van der Waals surface area contributed by atoms with Crippen molar-refractivity contribution >= 4 is 0 Å². The van der Waals surface area contributed by atoms with E-state index >= 15 is 0 Å². The Balaban J connectivity index is 3.05. The first kappa shape index (κ1) is 10.8. The lowest BCUT2D eigenvalue weighted by molar-refractivity contribution is 0.0289. The zero-order valence-electron chi connectivity index (χ0n) is 8.14. The van der Waals surface area contributed by atoms with E-state index in [0.29, 0.717) is 5.75 Å².